The molecule has 0 spiro atoms. The Bertz CT molecular complexity index is 1090. The molecule has 0 aromatic heterocycles. The van der Waals surface area contributed by atoms with Crippen LogP contribution in [0.5, 0.6) is 0 Å². The number of phosphoric ester groups is 1. The predicted molar refractivity (Wildman–Crippen MR) is 300 cm³/mol. The molecule has 5 N–H and O–H groups in total. The van der Waals surface area contributed by atoms with Crippen molar-refractivity contribution in [1.82, 2.24) is 5.32 Å². The number of allylic oxidation sites excluding steroid dienone is 1. The summed E-state index contributed by atoms with van der Waals surface area (Å²) in [5.41, 5.74) is 5.40. The lowest BCUT2D eigenvalue weighted by molar-refractivity contribution is -0.123. The van der Waals surface area contributed by atoms with Crippen LogP contribution in [0.1, 0.15) is 335 Å². The number of nitrogens with two attached hydrogens (primary N) is 1. The number of rotatable bonds is 59. The molecule has 0 radical (unpaired) electrons. The van der Waals surface area contributed by atoms with Gasteiger partial charge in [-0.2, -0.15) is 0 Å². The van der Waals surface area contributed by atoms with Crippen LogP contribution < -0.4 is 11.1 Å². The van der Waals surface area contributed by atoms with Crippen molar-refractivity contribution in [2.75, 3.05) is 19.8 Å². The van der Waals surface area contributed by atoms with Gasteiger partial charge in [0.2, 0.25) is 5.91 Å². The SMILES string of the molecule is CCCCCCCCCCCCCC/C=C/[C@@H](O)[C@H](COP(=O)(O)OCCN)NC(=O)CCCCCCCCCCCCCCCCCCCCCCCCCCCCCCCCCCCCCC. The number of aliphatic hydroxyl groups excluding tert-OH is 1. The third kappa shape index (κ3) is 54.8. The smallest absolute Gasteiger partial charge is 0.387 e. The van der Waals surface area contributed by atoms with Crippen molar-refractivity contribution in [3.8, 4) is 0 Å². The third-order valence-electron chi connectivity index (χ3n) is 14.4. The van der Waals surface area contributed by atoms with Crippen molar-refractivity contribution < 1.29 is 28.4 Å². The van der Waals surface area contributed by atoms with Crippen molar-refractivity contribution >= 4 is 13.7 Å². The molecule has 0 aromatic carbocycles. The molecule has 3 atom stereocenters. The first-order valence-electron chi connectivity index (χ1n) is 30.8. The molecule has 69 heavy (non-hydrogen) atoms. The van der Waals surface area contributed by atoms with Crippen molar-refractivity contribution in [1.29, 1.82) is 0 Å². The summed E-state index contributed by atoms with van der Waals surface area (Å²) in [6, 6.07) is -0.856. The first kappa shape index (κ1) is 68.2. The van der Waals surface area contributed by atoms with Crippen LogP contribution in [0.25, 0.3) is 0 Å². The monoisotopic (exact) mass is 997 g/mol. The number of nitrogens with one attached hydrogen (secondary N) is 1. The van der Waals surface area contributed by atoms with Crippen molar-refractivity contribution in [3.63, 3.8) is 0 Å². The van der Waals surface area contributed by atoms with Crippen LogP contribution >= 0.6 is 7.82 Å². The number of carbonyl (C=O) groups excluding carboxylic acids is 1. The van der Waals surface area contributed by atoms with Gasteiger partial charge >= 0.3 is 7.82 Å². The standard InChI is InChI=1S/C60H121N2O6P/c1-3-5-7-9-11-13-15-17-19-20-21-22-23-24-25-26-27-28-29-30-31-32-33-34-35-36-37-38-39-40-42-44-46-48-50-52-54-60(64)62-58(57-68-69(65,66)67-56-55-61)59(63)53-51-49-47-45-43-41-18-16-14-12-10-8-6-4-2/h51,53,58-59,63H,3-50,52,54-57,61H2,1-2H3,(H,62,64)(H,65,66)/b53-51+/t58-,59+/m0/s1. The summed E-state index contributed by atoms with van der Waals surface area (Å²) < 4.78 is 22.2. The highest BCUT2D eigenvalue weighted by molar-refractivity contribution is 7.47. The molecule has 8 nitrogen and oxygen atoms in total. The van der Waals surface area contributed by atoms with Gasteiger partial charge in [-0.05, 0) is 19.3 Å². The maximum atomic E-state index is 12.9. The summed E-state index contributed by atoms with van der Waals surface area (Å²) in [5, 5.41) is 13.8. The Morgan fingerprint density at radius 3 is 1.03 bits per heavy atom. The molecule has 412 valence electrons. The van der Waals surface area contributed by atoms with E-state index in [1.165, 1.54) is 276 Å². The minimum absolute atomic E-state index is 0.0817. The summed E-state index contributed by atoms with van der Waals surface area (Å²) in [7, 11) is -4.34. The lowest BCUT2D eigenvalue weighted by Crippen LogP contribution is -2.45. The molecule has 0 aliphatic heterocycles. The first-order valence-corrected chi connectivity index (χ1v) is 32.3. The van der Waals surface area contributed by atoms with E-state index in [0.717, 1.165) is 38.5 Å². The van der Waals surface area contributed by atoms with E-state index in [0.29, 0.717) is 6.42 Å². The summed E-state index contributed by atoms with van der Waals surface area (Å²) in [6.07, 6.45) is 69.1. The predicted octanol–water partition coefficient (Wildman–Crippen LogP) is 19.0. The van der Waals surface area contributed by atoms with Gasteiger partial charge in [-0.1, -0.05) is 321 Å². The molecule has 9 heteroatoms. The third-order valence-corrected chi connectivity index (χ3v) is 15.3. The van der Waals surface area contributed by atoms with Gasteiger partial charge in [0.05, 0.1) is 25.4 Å². The van der Waals surface area contributed by atoms with Gasteiger partial charge in [0.1, 0.15) is 0 Å². The van der Waals surface area contributed by atoms with Crippen molar-refractivity contribution in [3.05, 3.63) is 12.2 Å². The minimum atomic E-state index is -4.34. The van der Waals surface area contributed by atoms with Crippen LogP contribution in [-0.4, -0.2) is 47.8 Å². The van der Waals surface area contributed by atoms with Gasteiger partial charge in [0.25, 0.3) is 0 Å². The van der Waals surface area contributed by atoms with Gasteiger partial charge in [0, 0.05) is 13.0 Å². The van der Waals surface area contributed by atoms with E-state index in [1.54, 1.807) is 6.08 Å². The quantitative estimate of drug-likeness (QED) is 0.0271. The van der Waals surface area contributed by atoms with Crippen molar-refractivity contribution in [2.45, 2.75) is 347 Å². The van der Waals surface area contributed by atoms with Gasteiger partial charge in [0.15, 0.2) is 0 Å². The normalized spacial score (nSPS) is 13.6. The van der Waals surface area contributed by atoms with Crippen LogP contribution in [0.15, 0.2) is 12.2 Å². The Morgan fingerprint density at radius 1 is 0.464 bits per heavy atom. The topological polar surface area (TPSA) is 131 Å². The molecule has 1 unspecified atom stereocenters. The highest BCUT2D eigenvalue weighted by Crippen LogP contribution is 2.43. The van der Waals surface area contributed by atoms with Crippen LogP contribution in [0.3, 0.4) is 0 Å². The summed E-state index contributed by atoms with van der Waals surface area (Å²) >= 11 is 0. The number of aliphatic hydroxyl groups is 1. The number of hydrogen-bond acceptors (Lipinski definition) is 6. The summed E-state index contributed by atoms with van der Waals surface area (Å²) in [4.78, 5) is 22.9. The second-order valence-corrected chi connectivity index (χ2v) is 22.7. The molecule has 0 rings (SSSR count). The van der Waals surface area contributed by atoms with Gasteiger partial charge in [-0.25, -0.2) is 4.57 Å². The van der Waals surface area contributed by atoms with Crippen LogP contribution in [-0.2, 0) is 18.4 Å². The average Bonchev–Trinajstić information content (AvgIpc) is 3.34. The highest BCUT2D eigenvalue weighted by Gasteiger charge is 2.27. The molecule has 0 bridgehead atoms. The number of unbranched alkanes of at least 4 members (excludes halogenated alkanes) is 47. The Balaban J connectivity index is 3.75. The molecule has 1 amide bonds. The van der Waals surface area contributed by atoms with Gasteiger partial charge in [-0.15, -0.1) is 0 Å². The zero-order valence-electron chi connectivity index (χ0n) is 46.3. The number of amides is 1. The zero-order chi connectivity index (χ0) is 50.2. The molecule has 0 saturated heterocycles. The van der Waals surface area contributed by atoms with Gasteiger partial charge in [-0.3, -0.25) is 13.8 Å². The molecule has 0 fully saturated rings. The molecule has 0 aromatic rings. The molecular weight excluding hydrogens is 876 g/mol. The maximum absolute atomic E-state index is 12.9. The van der Waals surface area contributed by atoms with E-state index in [2.05, 4.69) is 19.2 Å². The zero-order valence-corrected chi connectivity index (χ0v) is 47.2. The van der Waals surface area contributed by atoms with E-state index < -0.39 is 20.0 Å². The molecule has 0 saturated carbocycles. The summed E-state index contributed by atoms with van der Waals surface area (Å²) in [6.45, 7) is 4.19. The lowest BCUT2D eigenvalue weighted by atomic mass is 10.0. The molecule has 0 heterocycles. The van der Waals surface area contributed by atoms with Crippen LogP contribution in [0, 0.1) is 0 Å². The largest absolute Gasteiger partial charge is 0.472 e. The van der Waals surface area contributed by atoms with Crippen LogP contribution in [0.2, 0.25) is 0 Å². The molecule has 0 aliphatic carbocycles. The maximum Gasteiger partial charge on any atom is 0.472 e. The Kier molecular flexibility index (Phi) is 55.9. The fraction of sp³-hybridized carbons (Fsp3) is 0.950. The average molecular weight is 998 g/mol. The van der Waals surface area contributed by atoms with E-state index in [9.17, 15) is 19.4 Å². The Labute approximate surface area is 430 Å². The summed E-state index contributed by atoms with van der Waals surface area (Å²) in [5.74, 6) is -0.186. The number of phosphoric acid groups is 1. The highest BCUT2D eigenvalue weighted by atomic mass is 31.2. The second-order valence-electron chi connectivity index (χ2n) is 21.3. The molecular formula is C60H121N2O6P. The van der Waals surface area contributed by atoms with E-state index in [4.69, 9.17) is 14.8 Å². The number of carbonyl (C=O) groups is 1. The first-order chi connectivity index (χ1) is 33.9. The van der Waals surface area contributed by atoms with E-state index in [1.807, 2.05) is 6.08 Å². The fourth-order valence-corrected chi connectivity index (χ4v) is 10.5. The van der Waals surface area contributed by atoms with E-state index in [-0.39, 0.29) is 25.7 Å². The number of hydrogen-bond donors (Lipinski definition) is 4. The second kappa shape index (κ2) is 56.5. The van der Waals surface area contributed by atoms with Crippen molar-refractivity contribution in [2.24, 2.45) is 5.73 Å². The fourth-order valence-electron chi connectivity index (χ4n) is 9.73. The Morgan fingerprint density at radius 2 is 0.739 bits per heavy atom. The minimum Gasteiger partial charge on any atom is -0.387 e. The Hall–Kier alpha value is -0.760. The lowest BCUT2D eigenvalue weighted by Gasteiger charge is -2.23. The van der Waals surface area contributed by atoms with Gasteiger partial charge < -0.3 is 21.1 Å². The van der Waals surface area contributed by atoms with Crippen LogP contribution in [0.4, 0.5) is 0 Å². The van der Waals surface area contributed by atoms with E-state index >= 15 is 0 Å². The molecule has 0 aliphatic rings.